The van der Waals surface area contributed by atoms with Gasteiger partial charge in [0.15, 0.2) is 0 Å². The number of halogens is 2. The predicted molar refractivity (Wildman–Crippen MR) is 102 cm³/mol. The Morgan fingerprint density at radius 2 is 1.85 bits per heavy atom. The van der Waals surface area contributed by atoms with Gasteiger partial charge in [-0.1, -0.05) is 35.9 Å². The minimum atomic E-state index is -0.434. The van der Waals surface area contributed by atoms with E-state index in [1.54, 1.807) is 36.4 Å². The second-order valence-corrected chi connectivity index (χ2v) is 6.52. The molecule has 0 amide bonds. The Morgan fingerprint density at radius 3 is 2.56 bits per heavy atom. The van der Waals surface area contributed by atoms with Gasteiger partial charge in [-0.15, -0.1) is 0 Å². The molecule has 7 heteroatoms. The van der Waals surface area contributed by atoms with Crippen LogP contribution in [0, 0.1) is 15.9 Å². The first kappa shape index (κ1) is 17.2. The van der Waals surface area contributed by atoms with E-state index in [4.69, 9.17) is 11.6 Å². The number of hydrogen-bond donors (Lipinski definition) is 0. The van der Waals surface area contributed by atoms with E-state index in [2.05, 4.69) is 4.98 Å². The smallest absolute Gasteiger partial charge is 0.269 e. The molecule has 134 valence electrons. The van der Waals surface area contributed by atoms with Crippen LogP contribution in [0.1, 0.15) is 5.56 Å². The summed E-state index contributed by atoms with van der Waals surface area (Å²) in [6, 6.07) is 18.0. The maximum Gasteiger partial charge on any atom is 0.269 e. The highest BCUT2D eigenvalue weighted by atomic mass is 35.5. The molecule has 4 aromatic rings. The molecule has 0 aliphatic carbocycles. The van der Waals surface area contributed by atoms with Gasteiger partial charge in [0.05, 0.1) is 16.0 Å². The fraction of sp³-hybridized carbons (Fsp3) is 0.0500. The summed E-state index contributed by atoms with van der Waals surface area (Å²) in [6.07, 6.45) is 0. The second kappa shape index (κ2) is 6.81. The highest BCUT2D eigenvalue weighted by Crippen LogP contribution is 2.28. The quantitative estimate of drug-likeness (QED) is 0.348. The van der Waals surface area contributed by atoms with Gasteiger partial charge >= 0.3 is 0 Å². The van der Waals surface area contributed by atoms with Gasteiger partial charge in [-0.3, -0.25) is 10.1 Å². The van der Waals surface area contributed by atoms with Gasteiger partial charge in [0, 0.05) is 29.3 Å². The van der Waals surface area contributed by atoms with E-state index >= 15 is 0 Å². The number of non-ortho nitro benzene ring substituents is 1. The van der Waals surface area contributed by atoms with Crippen molar-refractivity contribution >= 4 is 28.3 Å². The molecular weight excluding hydrogens is 369 g/mol. The summed E-state index contributed by atoms with van der Waals surface area (Å²) >= 11 is 6.09. The largest absolute Gasteiger partial charge is 0.319 e. The monoisotopic (exact) mass is 381 g/mol. The number of benzene rings is 3. The summed E-state index contributed by atoms with van der Waals surface area (Å²) in [5.74, 6) is 0.254. The maximum absolute atomic E-state index is 13.7. The zero-order valence-electron chi connectivity index (χ0n) is 14.0. The lowest BCUT2D eigenvalue weighted by Gasteiger charge is -2.10. The van der Waals surface area contributed by atoms with Crippen LogP contribution in [0.2, 0.25) is 5.02 Å². The van der Waals surface area contributed by atoms with Gasteiger partial charge in [-0.05, 0) is 35.9 Å². The molecule has 0 saturated heterocycles. The van der Waals surface area contributed by atoms with Crippen LogP contribution < -0.4 is 0 Å². The van der Waals surface area contributed by atoms with Crippen molar-refractivity contribution in [2.24, 2.45) is 0 Å². The van der Waals surface area contributed by atoms with E-state index in [-0.39, 0.29) is 11.5 Å². The molecule has 0 atom stereocenters. The molecule has 27 heavy (non-hydrogen) atoms. The number of rotatable bonds is 4. The molecule has 0 aliphatic heterocycles. The standard InChI is InChI=1S/C20H13ClFN3O2/c21-15-6-9-19-18(11-15)23-20(14-2-1-3-16(22)10-14)24(19)12-13-4-7-17(8-5-13)25(26)27/h1-11H,12H2. The van der Waals surface area contributed by atoms with E-state index in [0.29, 0.717) is 28.5 Å². The van der Waals surface area contributed by atoms with Gasteiger partial charge in [0.25, 0.3) is 5.69 Å². The third-order valence-corrected chi connectivity index (χ3v) is 4.52. The van der Waals surface area contributed by atoms with Gasteiger partial charge < -0.3 is 4.57 Å². The number of imidazole rings is 1. The molecule has 0 bridgehead atoms. The third-order valence-electron chi connectivity index (χ3n) is 4.28. The van der Waals surface area contributed by atoms with Gasteiger partial charge in [0.1, 0.15) is 11.6 Å². The molecule has 0 fully saturated rings. The summed E-state index contributed by atoms with van der Waals surface area (Å²) in [4.78, 5) is 15.0. The van der Waals surface area contributed by atoms with Crippen LogP contribution in [0.3, 0.4) is 0 Å². The van der Waals surface area contributed by atoms with Crippen molar-refractivity contribution in [1.82, 2.24) is 9.55 Å². The van der Waals surface area contributed by atoms with E-state index in [0.717, 1.165) is 11.1 Å². The minimum absolute atomic E-state index is 0.0337. The number of hydrogen-bond acceptors (Lipinski definition) is 3. The van der Waals surface area contributed by atoms with Gasteiger partial charge in [0.2, 0.25) is 0 Å². The molecule has 0 saturated carbocycles. The fourth-order valence-corrected chi connectivity index (χ4v) is 3.18. The van der Waals surface area contributed by atoms with E-state index in [1.165, 1.54) is 24.3 Å². The fourth-order valence-electron chi connectivity index (χ4n) is 3.02. The first-order chi connectivity index (χ1) is 13.0. The Bertz CT molecular complexity index is 1160. The lowest BCUT2D eigenvalue weighted by Crippen LogP contribution is -2.02. The molecule has 5 nitrogen and oxygen atoms in total. The predicted octanol–water partition coefficient (Wildman–Crippen LogP) is 5.45. The van der Waals surface area contributed by atoms with Crippen LogP contribution in [0.5, 0.6) is 0 Å². The molecular formula is C20H13ClFN3O2. The molecule has 0 unspecified atom stereocenters. The Labute approximate surface area is 158 Å². The Kier molecular flexibility index (Phi) is 4.33. The molecule has 0 spiro atoms. The number of nitro groups is 1. The Hall–Kier alpha value is -3.25. The van der Waals surface area contributed by atoms with Crippen LogP contribution in [0.25, 0.3) is 22.4 Å². The highest BCUT2D eigenvalue weighted by molar-refractivity contribution is 6.31. The first-order valence-corrected chi connectivity index (χ1v) is 8.54. The van der Waals surface area contributed by atoms with Crippen LogP contribution in [-0.4, -0.2) is 14.5 Å². The molecule has 0 aliphatic rings. The zero-order valence-corrected chi connectivity index (χ0v) is 14.7. The van der Waals surface area contributed by atoms with E-state index < -0.39 is 4.92 Å². The summed E-state index contributed by atoms with van der Waals surface area (Å²) in [6.45, 7) is 0.433. The molecule has 1 heterocycles. The summed E-state index contributed by atoms with van der Waals surface area (Å²) < 4.78 is 15.7. The zero-order chi connectivity index (χ0) is 19.0. The molecule has 0 N–H and O–H groups in total. The van der Waals surface area contributed by atoms with Crippen molar-refractivity contribution in [2.45, 2.75) is 6.54 Å². The van der Waals surface area contributed by atoms with Crippen molar-refractivity contribution in [2.75, 3.05) is 0 Å². The number of nitro benzene ring substituents is 1. The summed E-state index contributed by atoms with van der Waals surface area (Å²) in [5.41, 5.74) is 3.09. The van der Waals surface area contributed by atoms with Crippen molar-refractivity contribution in [3.05, 3.63) is 93.2 Å². The lowest BCUT2D eigenvalue weighted by molar-refractivity contribution is -0.384. The summed E-state index contributed by atoms with van der Waals surface area (Å²) in [5, 5.41) is 11.4. The van der Waals surface area contributed by atoms with Gasteiger partial charge in [-0.25, -0.2) is 9.37 Å². The molecule has 4 rings (SSSR count). The average Bonchev–Trinajstić information content (AvgIpc) is 2.99. The Morgan fingerprint density at radius 1 is 1.07 bits per heavy atom. The van der Waals surface area contributed by atoms with Crippen LogP contribution in [0.4, 0.5) is 10.1 Å². The number of aromatic nitrogens is 2. The lowest BCUT2D eigenvalue weighted by atomic mass is 10.1. The molecule has 3 aromatic carbocycles. The van der Waals surface area contributed by atoms with Crippen LogP contribution >= 0.6 is 11.6 Å². The molecule has 1 aromatic heterocycles. The van der Waals surface area contributed by atoms with Crippen LogP contribution in [-0.2, 0) is 6.54 Å². The summed E-state index contributed by atoms with van der Waals surface area (Å²) in [7, 11) is 0. The topological polar surface area (TPSA) is 61.0 Å². The number of nitrogens with zero attached hydrogens (tertiary/aromatic N) is 3. The maximum atomic E-state index is 13.7. The van der Waals surface area contributed by atoms with Crippen molar-refractivity contribution in [3.8, 4) is 11.4 Å². The van der Waals surface area contributed by atoms with Crippen molar-refractivity contribution in [1.29, 1.82) is 0 Å². The highest BCUT2D eigenvalue weighted by Gasteiger charge is 2.14. The molecule has 0 radical (unpaired) electrons. The average molecular weight is 382 g/mol. The normalized spacial score (nSPS) is 11.0. The van der Waals surface area contributed by atoms with Gasteiger partial charge in [-0.2, -0.15) is 0 Å². The minimum Gasteiger partial charge on any atom is -0.319 e. The van der Waals surface area contributed by atoms with E-state index in [9.17, 15) is 14.5 Å². The van der Waals surface area contributed by atoms with Crippen molar-refractivity contribution < 1.29 is 9.31 Å². The number of fused-ring (bicyclic) bond motifs is 1. The SMILES string of the molecule is O=[N+]([O-])c1ccc(Cn2c(-c3cccc(F)c3)nc3cc(Cl)ccc32)cc1. The Balaban J connectivity index is 1.84. The van der Waals surface area contributed by atoms with Crippen molar-refractivity contribution in [3.63, 3.8) is 0 Å². The second-order valence-electron chi connectivity index (χ2n) is 6.09. The van der Waals surface area contributed by atoms with Crippen LogP contribution in [0.15, 0.2) is 66.7 Å². The van der Waals surface area contributed by atoms with E-state index in [1.807, 2.05) is 10.6 Å². The third kappa shape index (κ3) is 3.39. The first-order valence-electron chi connectivity index (χ1n) is 8.16.